The lowest BCUT2D eigenvalue weighted by Crippen LogP contribution is -2.41. The zero-order valence-electron chi connectivity index (χ0n) is 12.1. The van der Waals surface area contributed by atoms with E-state index in [9.17, 15) is 18.0 Å². The molecule has 7 heteroatoms. The highest BCUT2D eigenvalue weighted by molar-refractivity contribution is 14.1. The van der Waals surface area contributed by atoms with Crippen LogP contribution in [0.1, 0.15) is 12.0 Å². The van der Waals surface area contributed by atoms with E-state index in [0.29, 0.717) is 6.42 Å². The molecule has 23 heavy (non-hydrogen) atoms. The van der Waals surface area contributed by atoms with Crippen molar-refractivity contribution < 1.29 is 22.7 Å². The molecule has 0 aromatic heterocycles. The van der Waals surface area contributed by atoms with E-state index in [1.54, 1.807) is 6.08 Å². The van der Waals surface area contributed by atoms with Crippen LogP contribution in [0.3, 0.4) is 0 Å². The summed E-state index contributed by atoms with van der Waals surface area (Å²) in [7, 11) is 0. The standard InChI is InChI=1S/C16H15F3INO2/c1-2-8-23-13-5-3-4-10(17)15(13)12-7-6-11(20)16(22)21(12)9-14(18)19/h2-5,7,11,14H,1,6,8-9H2. The van der Waals surface area contributed by atoms with Gasteiger partial charge in [0.1, 0.15) is 18.2 Å². The first kappa shape index (κ1) is 17.8. The van der Waals surface area contributed by atoms with Gasteiger partial charge in [0, 0.05) is 0 Å². The quantitative estimate of drug-likeness (QED) is 0.382. The topological polar surface area (TPSA) is 29.5 Å². The van der Waals surface area contributed by atoms with Gasteiger partial charge < -0.3 is 9.64 Å². The van der Waals surface area contributed by atoms with Gasteiger partial charge in [0.05, 0.1) is 21.7 Å². The minimum absolute atomic E-state index is 0.0200. The van der Waals surface area contributed by atoms with Crippen LogP contribution >= 0.6 is 22.6 Å². The lowest BCUT2D eigenvalue weighted by molar-refractivity contribution is -0.128. The fourth-order valence-electron chi connectivity index (χ4n) is 2.30. The molecule has 1 aliphatic heterocycles. The number of hydrogen-bond donors (Lipinski definition) is 0. The zero-order valence-corrected chi connectivity index (χ0v) is 14.3. The van der Waals surface area contributed by atoms with Gasteiger partial charge in [0.15, 0.2) is 0 Å². The van der Waals surface area contributed by atoms with Gasteiger partial charge in [-0.05, 0) is 18.6 Å². The molecule has 0 N–H and O–H groups in total. The molecule has 124 valence electrons. The van der Waals surface area contributed by atoms with E-state index in [2.05, 4.69) is 6.58 Å². The molecule has 0 aliphatic carbocycles. The molecule has 0 saturated carbocycles. The molecule has 1 heterocycles. The Balaban J connectivity index is 2.49. The van der Waals surface area contributed by atoms with Gasteiger partial charge in [-0.15, -0.1) is 0 Å². The lowest BCUT2D eigenvalue weighted by Gasteiger charge is -2.32. The number of nitrogens with zero attached hydrogens (tertiary/aromatic N) is 1. The zero-order chi connectivity index (χ0) is 17.0. The van der Waals surface area contributed by atoms with Crippen LogP contribution in [0.15, 0.2) is 36.9 Å². The molecule has 1 aromatic rings. The number of amides is 1. The first-order valence-corrected chi connectivity index (χ1v) is 8.16. The molecular weight excluding hydrogens is 422 g/mol. The number of carbonyl (C=O) groups excluding carboxylic acids is 1. The highest BCUT2D eigenvalue weighted by atomic mass is 127. The maximum absolute atomic E-state index is 14.3. The van der Waals surface area contributed by atoms with Crippen molar-refractivity contribution in [1.29, 1.82) is 0 Å². The van der Waals surface area contributed by atoms with Crippen LogP contribution < -0.4 is 4.74 Å². The van der Waals surface area contributed by atoms with E-state index in [4.69, 9.17) is 4.74 Å². The highest BCUT2D eigenvalue weighted by Gasteiger charge is 2.33. The van der Waals surface area contributed by atoms with Gasteiger partial charge in [-0.1, -0.05) is 47.4 Å². The van der Waals surface area contributed by atoms with E-state index in [-0.39, 0.29) is 23.6 Å². The summed E-state index contributed by atoms with van der Waals surface area (Å²) in [5.41, 5.74) is 0.145. The molecule has 1 amide bonds. The molecular formula is C16H15F3INO2. The second kappa shape index (κ2) is 7.85. The Hall–Kier alpha value is -1.51. The number of allylic oxidation sites excluding steroid dienone is 1. The first-order chi connectivity index (χ1) is 11.0. The molecule has 1 atom stereocenters. The van der Waals surface area contributed by atoms with Crippen molar-refractivity contribution in [2.45, 2.75) is 16.8 Å². The van der Waals surface area contributed by atoms with Crippen molar-refractivity contribution >= 4 is 34.2 Å². The smallest absolute Gasteiger partial charge is 0.256 e. The summed E-state index contributed by atoms with van der Waals surface area (Å²) in [5.74, 6) is -0.895. The minimum atomic E-state index is -2.71. The predicted molar refractivity (Wildman–Crippen MR) is 90.2 cm³/mol. The Bertz CT molecular complexity index is 634. The van der Waals surface area contributed by atoms with E-state index >= 15 is 0 Å². The number of ether oxygens (including phenoxy) is 1. The number of hydrogen-bond acceptors (Lipinski definition) is 2. The van der Waals surface area contributed by atoms with Gasteiger partial charge in [0.2, 0.25) is 5.91 Å². The number of halogens is 4. The molecule has 1 unspecified atom stereocenters. The van der Waals surface area contributed by atoms with Crippen molar-refractivity contribution in [3.05, 3.63) is 48.3 Å². The molecule has 0 spiro atoms. The average Bonchev–Trinajstić information content (AvgIpc) is 2.50. The predicted octanol–water partition coefficient (Wildman–Crippen LogP) is 4.03. The largest absolute Gasteiger partial charge is 0.489 e. The van der Waals surface area contributed by atoms with Crippen LogP contribution in [0.2, 0.25) is 0 Å². The molecule has 0 saturated heterocycles. The summed E-state index contributed by atoms with van der Waals surface area (Å²) < 4.78 is 45.0. The van der Waals surface area contributed by atoms with Gasteiger partial charge >= 0.3 is 0 Å². The van der Waals surface area contributed by atoms with Gasteiger partial charge in [-0.3, -0.25) is 4.79 Å². The highest BCUT2D eigenvalue weighted by Crippen LogP contribution is 2.36. The molecule has 0 radical (unpaired) electrons. The third-order valence-corrected chi connectivity index (χ3v) is 4.29. The molecule has 0 bridgehead atoms. The minimum Gasteiger partial charge on any atom is -0.489 e. The van der Waals surface area contributed by atoms with E-state index in [1.807, 2.05) is 22.6 Å². The molecule has 1 aromatic carbocycles. The van der Waals surface area contributed by atoms with E-state index in [1.165, 1.54) is 24.3 Å². The summed E-state index contributed by atoms with van der Waals surface area (Å²) >= 11 is 1.90. The normalized spacial score (nSPS) is 18.1. The Morgan fingerprint density at radius 1 is 1.48 bits per heavy atom. The van der Waals surface area contributed by atoms with Crippen molar-refractivity contribution in [1.82, 2.24) is 4.90 Å². The lowest BCUT2D eigenvalue weighted by atomic mass is 10.0. The second-order valence-corrected chi connectivity index (χ2v) is 6.35. The number of rotatable bonds is 6. The Morgan fingerprint density at radius 3 is 2.87 bits per heavy atom. The average molecular weight is 437 g/mol. The third kappa shape index (κ3) is 4.07. The first-order valence-electron chi connectivity index (χ1n) is 6.92. The summed E-state index contributed by atoms with van der Waals surface area (Å²) in [5, 5.41) is 0. The van der Waals surface area contributed by atoms with Crippen LogP contribution in [-0.2, 0) is 4.79 Å². The number of alkyl halides is 3. The third-order valence-electron chi connectivity index (χ3n) is 3.25. The molecule has 2 rings (SSSR count). The molecule has 1 aliphatic rings. The maximum Gasteiger partial charge on any atom is 0.256 e. The van der Waals surface area contributed by atoms with Gasteiger partial charge in [-0.2, -0.15) is 0 Å². The van der Waals surface area contributed by atoms with Gasteiger partial charge in [0.25, 0.3) is 6.43 Å². The van der Waals surface area contributed by atoms with Crippen molar-refractivity contribution in [2.75, 3.05) is 13.2 Å². The summed E-state index contributed by atoms with van der Waals surface area (Å²) in [6, 6.07) is 4.20. The van der Waals surface area contributed by atoms with Crippen LogP contribution in [0.4, 0.5) is 13.2 Å². The Kier molecular flexibility index (Phi) is 6.09. The number of benzene rings is 1. The van der Waals surface area contributed by atoms with Gasteiger partial charge in [-0.25, -0.2) is 13.2 Å². The van der Waals surface area contributed by atoms with Crippen LogP contribution in [0.5, 0.6) is 5.75 Å². The van der Waals surface area contributed by atoms with E-state index in [0.717, 1.165) is 4.90 Å². The van der Waals surface area contributed by atoms with Crippen molar-refractivity contribution in [3.63, 3.8) is 0 Å². The van der Waals surface area contributed by atoms with Crippen molar-refractivity contribution in [3.8, 4) is 5.75 Å². The van der Waals surface area contributed by atoms with Crippen LogP contribution in [-0.4, -0.2) is 34.3 Å². The van der Waals surface area contributed by atoms with Crippen LogP contribution in [0.25, 0.3) is 5.70 Å². The summed E-state index contributed by atoms with van der Waals surface area (Å²) in [6.45, 7) is 2.88. The maximum atomic E-state index is 14.3. The number of carbonyl (C=O) groups is 1. The van der Waals surface area contributed by atoms with Crippen molar-refractivity contribution in [2.24, 2.45) is 0 Å². The summed E-state index contributed by atoms with van der Waals surface area (Å²) in [6.07, 6.45) is 0.727. The SMILES string of the molecule is C=CCOc1cccc(F)c1C1=CCC(I)C(=O)N1CC(F)F. The fourth-order valence-corrected chi connectivity index (χ4v) is 2.89. The second-order valence-electron chi connectivity index (χ2n) is 4.85. The van der Waals surface area contributed by atoms with Crippen LogP contribution in [0, 0.1) is 5.82 Å². The molecule has 3 nitrogen and oxygen atoms in total. The Labute approximate surface area is 145 Å². The fraction of sp³-hybridized carbons (Fsp3) is 0.312. The monoisotopic (exact) mass is 437 g/mol. The Morgan fingerprint density at radius 2 is 2.22 bits per heavy atom. The summed E-state index contributed by atoms with van der Waals surface area (Å²) in [4.78, 5) is 13.2. The molecule has 0 fully saturated rings. The van der Waals surface area contributed by atoms with E-state index < -0.39 is 28.6 Å².